The van der Waals surface area contributed by atoms with Crippen molar-refractivity contribution >= 4 is 50.6 Å². The van der Waals surface area contributed by atoms with Crippen molar-refractivity contribution in [2.24, 2.45) is 5.92 Å². The molecular weight excluding hydrogens is 511 g/mol. The average molecular weight is 535 g/mol. The van der Waals surface area contributed by atoms with E-state index in [4.69, 9.17) is 4.74 Å². The maximum atomic E-state index is 13.9. The average Bonchev–Trinajstić information content (AvgIpc) is 3.49. The zero-order valence-corrected chi connectivity index (χ0v) is 21.4. The van der Waals surface area contributed by atoms with E-state index in [1.54, 1.807) is 17.2 Å². The first kappa shape index (κ1) is 25.3. The van der Waals surface area contributed by atoms with E-state index >= 15 is 0 Å². The molecule has 11 heteroatoms. The quantitative estimate of drug-likeness (QED) is 0.374. The van der Waals surface area contributed by atoms with Crippen LogP contribution in [-0.4, -0.2) is 40.7 Å². The van der Waals surface area contributed by atoms with Gasteiger partial charge in [-0.15, -0.1) is 11.3 Å². The van der Waals surface area contributed by atoms with Crippen LogP contribution < -0.4 is 15.8 Å². The molecule has 1 aliphatic heterocycles. The molecule has 0 spiro atoms. The third-order valence-corrected chi connectivity index (χ3v) is 7.15. The second-order valence-corrected chi connectivity index (χ2v) is 9.73. The largest absolute Gasteiger partial charge is 0.461 e. The number of carbonyl (C=O) groups is 3. The van der Waals surface area contributed by atoms with E-state index in [9.17, 15) is 23.6 Å². The van der Waals surface area contributed by atoms with Gasteiger partial charge >= 0.3 is 5.97 Å². The lowest BCUT2D eigenvalue weighted by molar-refractivity contribution is -0.122. The third kappa shape index (κ3) is 4.68. The molecule has 2 aromatic carbocycles. The van der Waals surface area contributed by atoms with Gasteiger partial charge in [0.15, 0.2) is 5.69 Å². The van der Waals surface area contributed by atoms with E-state index in [1.807, 2.05) is 31.2 Å². The lowest BCUT2D eigenvalue weighted by atomic mass is 10.1. The zero-order valence-electron chi connectivity index (χ0n) is 20.6. The third-order valence-electron chi connectivity index (χ3n) is 6.25. The van der Waals surface area contributed by atoms with Gasteiger partial charge in [-0.05, 0) is 44.2 Å². The maximum Gasteiger partial charge on any atom is 0.359 e. The van der Waals surface area contributed by atoms with Crippen molar-refractivity contribution in [2.45, 2.75) is 20.3 Å². The number of ether oxygens (including phenoxy) is 1. The second-order valence-electron chi connectivity index (χ2n) is 8.85. The van der Waals surface area contributed by atoms with Crippen molar-refractivity contribution in [2.75, 3.05) is 23.4 Å². The number of aromatic nitrogens is 2. The number of nitrogens with zero attached hydrogens (tertiary/aromatic N) is 3. The standard InChI is InChI=1S/C27H23FN4O5S/c1-3-37-27(36)23-20-14-38-25(22(20)26(35)32(30-23)19-6-4-5-17(28)12-19)29-24(34)16-11-21(33)31(13-16)18-9-7-15(2)8-10-18/h4-10,12,14,16H,3,11,13H2,1-2H3,(H,29,34). The van der Waals surface area contributed by atoms with Crippen LogP contribution in [0.1, 0.15) is 29.4 Å². The van der Waals surface area contributed by atoms with Gasteiger partial charge in [0, 0.05) is 29.4 Å². The predicted octanol–water partition coefficient (Wildman–Crippen LogP) is 4.06. The van der Waals surface area contributed by atoms with E-state index in [0.29, 0.717) is 5.69 Å². The lowest BCUT2D eigenvalue weighted by Crippen LogP contribution is -2.29. The topological polar surface area (TPSA) is 111 Å². The van der Waals surface area contributed by atoms with Crippen molar-refractivity contribution in [1.29, 1.82) is 0 Å². The Balaban J connectivity index is 1.50. The van der Waals surface area contributed by atoms with Gasteiger partial charge in [-0.2, -0.15) is 9.78 Å². The molecule has 194 valence electrons. The van der Waals surface area contributed by atoms with Crippen LogP contribution in [0, 0.1) is 18.7 Å². The minimum atomic E-state index is -0.756. The molecule has 4 aromatic rings. The van der Waals surface area contributed by atoms with Gasteiger partial charge in [-0.1, -0.05) is 23.8 Å². The molecule has 2 aromatic heterocycles. The molecule has 0 saturated carbocycles. The summed E-state index contributed by atoms with van der Waals surface area (Å²) < 4.78 is 20.0. The SMILES string of the molecule is CCOC(=O)c1nn(-c2cccc(F)c2)c(=O)c2c(NC(=O)C3CC(=O)N(c4ccc(C)cc4)C3)scc12. The monoisotopic (exact) mass is 534 g/mol. The molecule has 5 rings (SSSR count). The van der Waals surface area contributed by atoms with Crippen LogP contribution in [0.2, 0.25) is 0 Å². The van der Waals surface area contributed by atoms with Crippen molar-refractivity contribution in [3.8, 4) is 5.69 Å². The number of rotatable bonds is 6. The van der Waals surface area contributed by atoms with E-state index in [2.05, 4.69) is 10.4 Å². The molecule has 3 heterocycles. The molecule has 2 amide bonds. The highest BCUT2D eigenvalue weighted by atomic mass is 32.1. The normalized spacial score (nSPS) is 15.2. The lowest BCUT2D eigenvalue weighted by Gasteiger charge is -2.17. The number of fused-ring (bicyclic) bond motifs is 1. The number of benzene rings is 2. The minimum Gasteiger partial charge on any atom is -0.461 e. The molecule has 38 heavy (non-hydrogen) atoms. The summed E-state index contributed by atoms with van der Waals surface area (Å²) in [5.74, 6) is -2.58. The summed E-state index contributed by atoms with van der Waals surface area (Å²) in [7, 11) is 0. The Morgan fingerprint density at radius 2 is 1.92 bits per heavy atom. The van der Waals surface area contributed by atoms with Crippen LogP contribution in [0.5, 0.6) is 0 Å². The van der Waals surface area contributed by atoms with Crippen molar-refractivity contribution in [1.82, 2.24) is 9.78 Å². The highest BCUT2D eigenvalue weighted by molar-refractivity contribution is 7.16. The molecule has 1 N–H and O–H groups in total. The first-order valence-electron chi connectivity index (χ1n) is 11.9. The molecule has 1 unspecified atom stereocenters. The second kappa shape index (κ2) is 10.2. The summed E-state index contributed by atoms with van der Waals surface area (Å²) in [5, 5.41) is 8.94. The number of thiophene rings is 1. The Hall–Kier alpha value is -4.38. The Morgan fingerprint density at radius 3 is 2.63 bits per heavy atom. The highest BCUT2D eigenvalue weighted by Gasteiger charge is 2.36. The number of halogens is 1. The summed E-state index contributed by atoms with van der Waals surface area (Å²) in [6.45, 7) is 3.87. The number of aryl methyl sites for hydroxylation is 1. The van der Waals surface area contributed by atoms with Gasteiger partial charge < -0.3 is 15.0 Å². The summed E-state index contributed by atoms with van der Waals surface area (Å²) in [6, 6.07) is 12.7. The number of esters is 1. The highest BCUT2D eigenvalue weighted by Crippen LogP contribution is 2.32. The summed E-state index contributed by atoms with van der Waals surface area (Å²) in [5.41, 5.74) is 1.10. The Labute approximate surface area is 220 Å². The molecule has 1 aliphatic rings. The van der Waals surface area contributed by atoms with E-state index in [-0.39, 0.29) is 52.6 Å². The number of hydrogen-bond donors (Lipinski definition) is 1. The summed E-state index contributed by atoms with van der Waals surface area (Å²) in [6.07, 6.45) is 0.0200. The Bertz CT molecular complexity index is 1630. The van der Waals surface area contributed by atoms with Crippen LogP contribution in [0.15, 0.2) is 58.7 Å². The molecule has 0 aliphatic carbocycles. The molecule has 9 nitrogen and oxygen atoms in total. The number of anilines is 2. The summed E-state index contributed by atoms with van der Waals surface area (Å²) in [4.78, 5) is 53.6. The fourth-order valence-corrected chi connectivity index (χ4v) is 5.29. The molecule has 1 atom stereocenters. The maximum absolute atomic E-state index is 13.9. The van der Waals surface area contributed by atoms with E-state index in [1.165, 1.54) is 18.2 Å². The van der Waals surface area contributed by atoms with Crippen molar-refractivity contribution < 1.29 is 23.5 Å². The Kier molecular flexibility index (Phi) is 6.77. The van der Waals surface area contributed by atoms with Crippen molar-refractivity contribution in [3.05, 3.63) is 81.3 Å². The van der Waals surface area contributed by atoms with Crippen LogP contribution in [0.4, 0.5) is 15.1 Å². The smallest absolute Gasteiger partial charge is 0.359 e. The van der Waals surface area contributed by atoms with Gasteiger partial charge in [0.1, 0.15) is 10.8 Å². The van der Waals surface area contributed by atoms with E-state index < -0.39 is 29.2 Å². The van der Waals surface area contributed by atoms with Crippen LogP contribution in [0.3, 0.4) is 0 Å². The molecule has 1 saturated heterocycles. The molecular formula is C27H23FN4O5S. The van der Waals surface area contributed by atoms with Gasteiger partial charge in [0.2, 0.25) is 11.8 Å². The zero-order chi connectivity index (χ0) is 27.0. The van der Waals surface area contributed by atoms with Crippen molar-refractivity contribution in [3.63, 3.8) is 0 Å². The number of amides is 2. The van der Waals surface area contributed by atoms with Gasteiger partial charge in [-0.3, -0.25) is 14.4 Å². The van der Waals surface area contributed by atoms with Gasteiger partial charge in [0.05, 0.1) is 23.6 Å². The first-order valence-corrected chi connectivity index (χ1v) is 12.8. The number of hydrogen-bond acceptors (Lipinski definition) is 7. The molecule has 1 fully saturated rings. The first-order chi connectivity index (χ1) is 18.3. The predicted molar refractivity (Wildman–Crippen MR) is 141 cm³/mol. The van der Waals surface area contributed by atoms with E-state index in [0.717, 1.165) is 27.6 Å². The fourth-order valence-electron chi connectivity index (χ4n) is 4.35. The molecule has 0 bridgehead atoms. The number of carbonyl (C=O) groups excluding carboxylic acids is 3. The number of nitrogens with one attached hydrogen (secondary N) is 1. The van der Waals surface area contributed by atoms with Crippen LogP contribution in [0.25, 0.3) is 16.5 Å². The van der Waals surface area contributed by atoms with Crippen LogP contribution >= 0.6 is 11.3 Å². The van der Waals surface area contributed by atoms with Gasteiger partial charge in [-0.25, -0.2) is 9.18 Å². The molecule has 0 radical (unpaired) electrons. The summed E-state index contributed by atoms with van der Waals surface area (Å²) >= 11 is 1.05. The van der Waals surface area contributed by atoms with Crippen LogP contribution in [-0.2, 0) is 14.3 Å². The fraction of sp³-hybridized carbons (Fsp3) is 0.222. The minimum absolute atomic E-state index is 0.0200. The van der Waals surface area contributed by atoms with Gasteiger partial charge in [0.25, 0.3) is 5.56 Å². The Morgan fingerprint density at radius 1 is 1.16 bits per heavy atom.